The number of halogens is 1. The number of anilines is 1. The van der Waals surface area contributed by atoms with Gasteiger partial charge in [0.05, 0.1) is 11.3 Å². The maximum atomic E-state index is 11.6. The minimum Gasteiger partial charge on any atom is -0.369 e. The molecule has 0 aromatic heterocycles. The van der Waals surface area contributed by atoms with E-state index in [4.69, 9.17) is 5.73 Å². The minimum absolute atomic E-state index is 0.368. The number of hydrogen-bond donors (Lipinski definition) is 2. The lowest BCUT2D eigenvalue weighted by Gasteiger charge is -2.29. The first-order chi connectivity index (χ1) is 9.61. The summed E-state index contributed by atoms with van der Waals surface area (Å²) < 4.78 is 0.970. The van der Waals surface area contributed by atoms with Gasteiger partial charge in [0.15, 0.2) is 0 Å². The van der Waals surface area contributed by atoms with Gasteiger partial charge in [-0.2, -0.15) is 0 Å². The SMILES string of the molecule is CCCN(CC1CCCN1)c1cc(Br)ccc1C(N)=O. The van der Waals surface area contributed by atoms with Crippen molar-refractivity contribution in [3.63, 3.8) is 0 Å². The van der Waals surface area contributed by atoms with Crippen LogP contribution in [0.5, 0.6) is 0 Å². The van der Waals surface area contributed by atoms with Gasteiger partial charge >= 0.3 is 0 Å². The van der Waals surface area contributed by atoms with Crippen molar-refractivity contribution in [2.24, 2.45) is 5.73 Å². The Kier molecular flexibility index (Phi) is 5.43. The Bertz CT molecular complexity index is 472. The van der Waals surface area contributed by atoms with Gasteiger partial charge in [0.25, 0.3) is 5.91 Å². The molecule has 4 nitrogen and oxygen atoms in total. The number of primary amides is 1. The van der Waals surface area contributed by atoms with Gasteiger partial charge in [0.1, 0.15) is 0 Å². The highest BCUT2D eigenvalue weighted by Crippen LogP contribution is 2.26. The Labute approximate surface area is 128 Å². The first-order valence-electron chi connectivity index (χ1n) is 7.19. The fraction of sp³-hybridized carbons (Fsp3) is 0.533. The molecule has 20 heavy (non-hydrogen) atoms. The second kappa shape index (κ2) is 7.09. The first kappa shape index (κ1) is 15.3. The number of rotatable bonds is 6. The lowest BCUT2D eigenvalue weighted by Crippen LogP contribution is -2.39. The van der Waals surface area contributed by atoms with Crippen LogP contribution >= 0.6 is 15.9 Å². The average molecular weight is 340 g/mol. The molecule has 0 aliphatic carbocycles. The number of nitrogens with zero attached hydrogens (tertiary/aromatic N) is 1. The summed E-state index contributed by atoms with van der Waals surface area (Å²) in [5, 5.41) is 3.51. The van der Waals surface area contributed by atoms with Crippen LogP contribution < -0.4 is 16.0 Å². The minimum atomic E-state index is -0.368. The van der Waals surface area contributed by atoms with Crippen molar-refractivity contribution in [3.05, 3.63) is 28.2 Å². The number of amides is 1. The van der Waals surface area contributed by atoms with Crippen molar-refractivity contribution in [1.29, 1.82) is 0 Å². The quantitative estimate of drug-likeness (QED) is 0.837. The third-order valence-electron chi connectivity index (χ3n) is 3.66. The lowest BCUT2D eigenvalue weighted by atomic mass is 10.1. The van der Waals surface area contributed by atoms with Crippen LogP contribution in [0.4, 0.5) is 5.69 Å². The van der Waals surface area contributed by atoms with Gasteiger partial charge in [-0.3, -0.25) is 4.79 Å². The largest absolute Gasteiger partial charge is 0.369 e. The highest BCUT2D eigenvalue weighted by Gasteiger charge is 2.21. The van der Waals surface area contributed by atoms with E-state index < -0.39 is 0 Å². The van der Waals surface area contributed by atoms with E-state index in [1.165, 1.54) is 12.8 Å². The lowest BCUT2D eigenvalue weighted by molar-refractivity contribution is 0.100. The number of carbonyl (C=O) groups excluding carboxylic acids is 1. The number of hydrogen-bond acceptors (Lipinski definition) is 3. The van der Waals surface area contributed by atoms with Gasteiger partial charge in [-0.15, -0.1) is 0 Å². The van der Waals surface area contributed by atoms with Crippen LogP contribution in [-0.4, -0.2) is 31.6 Å². The molecule has 5 heteroatoms. The Morgan fingerprint density at radius 2 is 2.35 bits per heavy atom. The Hall–Kier alpha value is -1.07. The third kappa shape index (κ3) is 3.73. The summed E-state index contributed by atoms with van der Waals surface area (Å²) in [5.74, 6) is -0.368. The number of nitrogens with one attached hydrogen (secondary N) is 1. The molecular formula is C15H22BrN3O. The summed E-state index contributed by atoms with van der Waals surface area (Å²) in [5.41, 5.74) is 7.04. The molecule has 1 amide bonds. The molecule has 1 fully saturated rings. The van der Waals surface area contributed by atoms with Gasteiger partial charge in [0.2, 0.25) is 0 Å². The summed E-state index contributed by atoms with van der Waals surface area (Å²) in [6.07, 6.45) is 3.46. The number of carbonyl (C=O) groups is 1. The molecule has 1 atom stereocenters. The molecule has 1 saturated heterocycles. The van der Waals surface area contributed by atoms with Crippen LogP contribution in [0, 0.1) is 0 Å². The Balaban J connectivity index is 2.26. The van der Waals surface area contributed by atoms with Crippen LogP contribution in [-0.2, 0) is 0 Å². The second-order valence-electron chi connectivity index (χ2n) is 5.27. The second-order valence-corrected chi connectivity index (χ2v) is 6.18. The first-order valence-corrected chi connectivity index (χ1v) is 7.98. The topological polar surface area (TPSA) is 58.4 Å². The Morgan fingerprint density at radius 1 is 1.55 bits per heavy atom. The molecule has 1 heterocycles. The average Bonchev–Trinajstić information content (AvgIpc) is 2.90. The molecule has 1 aromatic carbocycles. The summed E-state index contributed by atoms with van der Waals surface area (Å²) in [4.78, 5) is 13.9. The number of benzene rings is 1. The zero-order chi connectivity index (χ0) is 14.5. The molecule has 1 aromatic rings. The molecule has 0 radical (unpaired) electrons. The maximum absolute atomic E-state index is 11.6. The van der Waals surface area contributed by atoms with E-state index in [0.717, 1.165) is 36.2 Å². The van der Waals surface area contributed by atoms with Crippen molar-refractivity contribution < 1.29 is 4.79 Å². The van der Waals surface area contributed by atoms with Crippen LogP contribution in [0.15, 0.2) is 22.7 Å². The highest BCUT2D eigenvalue weighted by atomic mass is 79.9. The van der Waals surface area contributed by atoms with Crippen molar-refractivity contribution in [2.75, 3.05) is 24.5 Å². The van der Waals surface area contributed by atoms with Crippen LogP contribution in [0.2, 0.25) is 0 Å². The van der Waals surface area contributed by atoms with Gasteiger partial charge in [0, 0.05) is 23.6 Å². The molecule has 1 unspecified atom stereocenters. The molecule has 0 spiro atoms. The predicted octanol–water partition coefficient (Wildman–Crippen LogP) is 2.52. The zero-order valence-corrected chi connectivity index (χ0v) is 13.4. The van der Waals surface area contributed by atoms with Crippen LogP contribution in [0.1, 0.15) is 36.5 Å². The van der Waals surface area contributed by atoms with Crippen LogP contribution in [0.3, 0.4) is 0 Å². The fourth-order valence-electron chi connectivity index (χ4n) is 2.73. The van der Waals surface area contributed by atoms with E-state index in [1.54, 1.807) is 6.07 Å². The zero-order valence-electron chi connectivity index (χ0n) is 11.9. The maximum Gasteiger partial charge on any atom is 0.250 e. The van der Waals surface area contributed by atoms with E-state index in [1.807, 2.05) is 12.1 Å². The molecule has 0 saturated carbocycles. The fourth-order valence-corrected chi connectivity index (χ4v) is 3.08. The van der Waals surface area contributed by atoms with Crippen LogP contribution in [0.25, 0.3) is 0 Å². The van der Waals surface area contributed by atoms with Gasteiger partial charge < -0.3 is 16.0 Å². The molecule has 1 aliphatic rings. The molecule has 1 aliphatic heterocycles. The van der Waals surface area contributed by atoms with Crippen molar-refractivity contribution in [1.82, 2.24) is 5.32 Å². The van der Waals surface area contributed by atoms with Gasteiger partial charge in [-0.25, -0.2) is 0 Å². The predicted molar refractivity (Wildman–Crippen MR) is 86.2 cm³/mol. The molecule has 110 valence electrons. The van der Waals surface area contributed by atoms with Crippen molar-refractivity contribution in [2.45, 2.75) is 32.2 Å². The van der Waals surface area contributed by atoms with Crippen molar-refractivity contribution >= 4 is 27.5 Å². The molecule has 2 rings (SSSR count). The van der Waals surface area contributed by atoms with Gasteiger partial charge in [-0.05, 0) is 44.0 Å². The molecule has 3 N–H and O–H groups in total. The van der Waals surface area contributed by atoms with Crippen molar-refractivity contribution in [3.8, 4) is 0 Å². The summed E-state index contributed by atoms with van der Waals surface area (Å²) in [6.45, 7) is 5.09. The normalized spacial score (nSPS) is 18.2. The molecular weight excluding hydrogens is 318 g/mol. The number of nitrogens with two attached hydrogens (primary N) is 1. The van der Waals surface area contributed by atoms with E-state index in [2.05, 4.69) is 33.1 Å². The third-order valence-corrected chi connectivity index (χ3v) is 4.16. The van der Waals surface area contributed by atoms with Gasteiger partial charge in [-0.1, -0.05) is 22.9 Å². The van der Waals surface area contributed by atoms with E-state index >= 15 is 0 Å². The Morgan fingerprint density at radius 3 is 2.95 bits per heavy atom. The monoisotopic (exact) mass is 339 g/mol. The summed E-state index contributed by atoms with van der Waals surface area (Å²) in [7, 11) is 0. The smallest absolute Gasteiger partial charge is 0.250 e. The summed E-state index contributed by atoms with van der Waals surface area (Å²) >= 11 is 3.48. The van der Waals surface area contributed by atoms with E-state index in [9.17, 15) is 4.79 Å². The standard InChI is InChI=1S/C15H22BrN3O/c1-2-8-19(10-12-4-3-7-18-12)14-9-11(16)5-6-13(14)15(17)20/h5-6,9,12,18H,2-4,7-8,10H2,1H3,(H2,17,20). The van der Waals surface area contributed by atoms with E-state index in [0.29, 0.717) is 11.6 Å². The summed E-state index contributed by atoms with van der Waals surface area (Å²) in [6, 6.07) is 6.15. The molecule has 0 bridgehead atoms. The highest BCUT2D eigenvalue weighted by molar-refractivity contribution is 9.10. The van der Waals surface area contributed by atoms with E-state index in [-0.39, 0.29) is 5.91 Å².